The Morgan fingerprint density at radius 3 is 2.92 bits per heavy atom. The first-order valence-electron chi connectivity index (χ1n) is 8.15. The number of aromatic nitrogens is 4. The number of aliphatic hydroxyl groups excluding tert-OH is 1. The average Bonchev–Trinajstić information content (AvgIpc) is 3.09. The average molecular weight is 387 g/mol. The fourth-order valence-corrected chi connectivity index (χ4v) is 3.17. The molecule has 11 nitrogen and oxygen atoms in total. The molecule has 144 valence electrons. The summed E-state index contributed by atoms with van der Waals surface area (Å²) in [7, 11) is -4.23. The molecule has 1 aliphatic rings. The first-order chi connectivity index (χ1) is 12.2. The van der Waals surface area contributed by atoms with E-state index >= 15 is 0 Å². The summed E-state index contributed by atoms with van der Waals surface area (Å²) in [6.45, 7) is 3.94. The first kappa shape index (κ1) is 19.2. The van der Waals surface area contributed by atoms with Gasteiger partial charge in [-0.15, -0.1) is 0 Å². The Hall–Kier alpha value is -1.62. The molecule has 0 bridgehead atoms. The summed E-state index contributed by atoms with van der Waals surface area (Å²) >= 11 is 0. The lowest BCUT2D eigenvalue weighted by Gasteiger charge is -2.15. The number of nitrogens with one attached hydrogen (secondary N) is 1. The lowest BCUT2D eigenvalue weighted by atomic mass is 10.1. The lowest BCUT2D eigenvalue weighted by molar-refractivity contribution is -0.0261. The molecule has 0 saturated carbocycles. The van der Waals surface area contributed by atoms with Gasteiger partial charge in [0.2, 0.25) is 0 Å². The van der Waals surface area contributed by atoms with Crippen LogP contribution in [0.15, 0.2) is 12.5 Å². The van der Waals surface area contributed by atoms with Crippen molar-refractivity contribution in [2.75, 3.05) is 18.3 Å². The van der Waals surface area contributed by atoms with Gasteiger partial charge < -0.3 is 29.7 Å². The van der Waals surface area contributed by atoms with Crippen molar-refractivity contribution >= 4 is 19.1 Å². The molecule has 1 fully saturated rings. The van der Waals surface area contributed by atoms with E-state index in [4.69, 9.17) is 19.3 Å². The maximum atomic E-state index is 10.8. The summed E-state index contributed by atoms with van der Waals surface area (Å²) in [5, 5.41) is 17.7. The Labute approximate surface area is 149 Å². The second-order valence-corrected chi connectivity index (χ2v) is 8.06. The quantitative estimate of drug-likeness (QED) is 0.488. The SMILES string of the molecule is CC(C)Nc1ncnn2c([C@@H]3O[C@H](COCP(=O)(O)O)C[C@H]3O)cnc12. The summed E-state index contributed by atoms with van der Waals surface area (Å²) in [5.41, 5.74) is 1.09. The van der Waals surface area contributed by atoms with E-state index < -0.39 is 32.3 Å². The van der Waals surface area contributed by atoms with Crippen molar-refractivity contribution in [2.24, 2.45) is 0 Å². The number of anilines is 1. The highest BCUT2D eigenvalue weighted by molar-refractivity contribution is 7.51. The molecule has 1 saturated heterocycles. The van der Waals surface area contributed by atoms with E-state index in [2.05, 4.69) is 20.4 Å². The highest BCUT2D eigenvalue weighted by Crippen LogP contribution is 2.36. The number of ether oxygens (including phenoxy) is 2. The van der Waals surface area contributed by atoms with Crippen molar-refractivity contribution in [1.82, 2.24) is 19.6 Å². The van der Waals surface area contributed by atoms with Gasteiger partial charge in [0.05, 0.1) is 30.7 Å². The minimum absolute atomic E-state index is 0.0233. The molecular weight excluding hydrogens is 365 g/mol. The molecule has 0 unspecified atom stereocenters. The number of hydrogen-bond donors (Lipinski definition) is 4. The maximum absolute atomic E-state index is 10.8. The normalized spacial score (nSPS) is 23.8. The standard InChI is InChI=1S/C14H22N5O6P/c1-8(2)18-13-14-15-4-10(19(14)17-6-16-13)12-11(20)3-9(25-12)5-24-7-26(21,22)23/h4,6,8-9,11-12,20H,3,5,7H2,1-2H3,(H,16,17,18)(H2,21,22,23)/t9-,11+,12-/m0/s1. The van der Waals surface area contributed by atoms with Crippen molar-refractivity contribution in [3.05, 3.63) is 18.2 Å². The van der Waals surface area contributed by atoms with Crippen LogP contribution in [0.5, 0.6) is 0 Å². The minimum atomic E-state index is -4.23. The highest BCUT2D eigenvalue weighted by atomic mass is 31.2. The van der Waals surface area contributed by atoms with Crippen LogP contribution in [0, 0.1) is 0 Å². The zero-order valence-corrected chi connectivity index (χ0v) is 15.3. The monoisotopic (exact) mass is 387 g/mol. The van der Waals surface area contributed by atoms with Crippen LogP contribution < -0.4 is 5.32 Å². The van der Waals surface area contributed by atoms with Gasteiger partial charge in [-0.05, 0) is 13.8 Å². The van der Waals surface area contributed by atoms with E-state index in [9.17, 15) is 9.67 Å². The first-order valence-corrected chi connectivity index (χ1v) is 9.95. The molecular formula is C14H22N5O6P. The molecule has 26 heavy (non-hydrogen) atoms. The van der Waals surface area contributed by atoms with Gasteiger partial charge in [0.25, 0.3) is 0 Å². The summed E-state index contributed by atoms with van der Waals surface area (Å²) in [6.07, 6.45) is 0.599. The van der Waals surface area contributed by atoms with Crippen LogP contribution in [0.3, 0.4) is 0 Å². The molecule has 0 aliphatic carbocycles. The fraction of sp³-hybridized carbons (Fsp3) is 0.643. The van der Waals surface area contributed by atoms with E-state index in [0.717, 1.165) is 0 Å². The third kappa shape index (κ3) is 4.37. The van der Waals surface area contributed by atoms with Crippen molar-refractivity contribution < 1.29 is 28.9 Å². The highest BCUT2D eigenvalue weighted by Gasteiger charge is 2.37. The molecule has 1 aliphatic heterocycles. The maximum Gasteiger partial charge on any atom is 0.350 e. The molecule has 2 aromatic rings. The Kier molecular flexibility index (Phi) is 5.56. The van der Waals surface area contributed by atoms with Crippen LogP contribution in [0.1, 0.15) is 32.1 Å². The largest absolute Gasteiger partial charge is 0.390 e. The number of aliphatic hydroxyl groups is 1. The summed E-state index contributed by atoms with van der Waals surface area (Å²) < 4.78 is 23.2. The zero-order valence-electron chi connectivity index (χ0n) is 14.4. The van der Waals surface area contributed by atoms with E-state index in [0.29, 0.717) is 17.2 Å². The van der Waals surface area contributed by atoms with Gasteiger partial charge in [0.15, 0.2) is 11.5 Å². The Morgan fingerprint density at radius 2 is 2.23 bits per heavy atom. The van der Waals surface area contributed by atoms with E-state index in [1.54, 1.807) is 10.7 Å². The summed E-state index contributed by atoms with van der Waals surface area (Å²) in [6, 6.07) is 0.165. The van der Waals surface area contributed by atoms with Gasteiger partial charge in [-0.2, -0.15) is 5.10 Å². The smallest absolute Gasteiger partial charge is 0.350 e. The molecule has 0 aromatic carbocycles. The molecule has 2 aromatic heterocycles. The summed E-state index contributed by atoms with van der Waals surface area (Å²) in [5.74, 6) is 0.579. The fourth-order valence-electron chi connectivity index (χ4n) is 2.83. The molecule has 0 amide bonds. The zero-order chi connectivity index (χ0) is 18.9. The van der Waals surface area contributed by atoms with Gasteiger partial charge in [-0.3, -0.25) is 4.57 Å². The van der Waals surface area contributed by atoms with Crippen LogP contribution in [-0.2, 0) is 14.0 Å². The van der Waals surface area contributed by atoms with Crippen molar-refractivity contribution in [3.63, 3.8) is 0 Å². The van der Waals surface area contributed by atoms with Crippen LogP contribution >= 0.6 is 7.60 Å². The molecule has 3 heterocycles. The number of rotatable bonds is 7. The number of fused-ring (bicyclic) bond motifs is 1. The van der Waals surface area contributed by atoms with Gasteiger partial charge in [-0.25, -0.2) is 14.5 Å². The van der Waals surface area contributed by atoms with Crippen molar-refractivity contribution in [2.45, 2.75) is 44.6 Å². The minimum Gasteiger partial charge on any atom is -0.390 e. The molecule has 0 spiro atoms. The second-order valence-electron chi connectivity index (χ2n) is 6.47. The second kappa shape index (κ2) is 7.55. The predicted molar refractivity (Wildman–Crippen MR) is 90.6 cm³/mol. The number of nitrogens with zero attached hydrogens (tertiary/aromatic N) is 4. The summed E-state index contributed by atoms with van der Waals surface area (Å²) in [4.78, 5) is 26.1. The van der Waals surface area contributed by atoms with Gasteiger partial charge in [0.1, 0.15) is 18.8 Å². The van der Waals surface area contributed by atoms with Crippen molar-refractivity contribution in [3.8, 4) is 0 Å². The Bertz CT molecular complexity index is 808. The van der Waals surface area contributed by atoms with Crippen molar-refractivity contribution in [1.29, 1.82) is 0 Å². The van der Waals surface area contributed by atoms with Crippen LogP contribution in [-0.4, -0.2) is 65.7 Å². The molecule has 12 heteroatoms. The molecule has 3 atom stereocenters. The third-order valence-electron chi connectivity index (χ3n) is 3.80. The van der Waals surface area contributed by atoms with E-state index in [1.807, 2.05) is 13.8 Å². The predicted octanol–water partition coefficient (Wildman–Crippen LogP) is 0.287. The Balaban J connectivity index is 1.74. The molecule has 3 rings (SSSR count). The third-order valence-corrected chi connectivity index (χ3v) is 4.32. The van der Waals surface area contributed by atoms with Gasteiger partial charge >= 0.3 is 7.60 Å². The Morgan fingerprint density at radius 1 is 1.46 bits per heavy atom. The van der Waals surface area contributed by atoms with Crippen LogP contribution in [0.4, 0.5) is 5.82 Å². The molecule has 4 N–H and O–H groups in total. The van der Waals surface area contributed by atoms with Gasteiger partial charge in [-0.1, -0.05) is 0 Å². The molecule has 0 radical (unpaired) electrons. The number of imidazole rings is 1. The van der Waals surface area contributed by atoms with Gasteiger partial charge in [0, 0.05) is 12.5 Å². The van der Waals surface area contributed by atoms with E-state index in [1.165, 1.54) is 6.33 Å². The lowest BCUT2D eigenvalue weighted by Crippen LogP contribution is -2.17. The number of hydrogen-bond acceptors (Lipinski definition) is 8. The van der Waals surface area contributed by atoms with Crippen LogP contribution in [0.2, 0.25) is 0 Å². The van der Waals surface area contributed by atoms with E-state index in [-0.39, 0.29) is 19.1 Å². The van der Waals surface area contributed by atoms with Crippen LogP contribution in [0.25, 0.3) is 5.65 Å². The topological polar surface area (TPSA) is 151 Å².